The molecule has 5 nitrogen and oxygen atoms in total. The van der Waals surface area contributed by atoms with Crippen LogP contribution in [0.1, 0.15) is 5.56 Å². The van der Waals surface area contributed by atoms with Gasteiger partial charge in [0.25, 0.3) is 0 Å². The molecule has 0 saturated heterocycles. The van der Waals surface area contributed by atoms with Gasteiger partial charge in [0, 0.05) is 0 Å². The number of hydrogen-bond donors (Lipinski definition) is 0. The molecule has 0 amide bonds. The highest BCUT2D eigenvalue weighted by molar-refractivity contribution is 6.38. The van der Waals surface area contributed by atoms with Gasteiger partial charge < -0.3 is 4.74 Å². The molecule has 0 aliphatic heterocycles. The molecule has 0 heterocycles. The van der Waals surface area contributed by atoms with Crippen LogP contribution < -0.4 is 0 Å². The molecule has 0 fully saturated rings. The van der Waals surface area contributed by atoms with Gasteiger partial charge in [0.15, 0.2) is 0 Å². The van der Waals surface area contributed by atoms with E-state index in [0.29, 0.717) is 5.56 Å². The van der Waals surface area contributed by atoms with E-state index in [4.69, 9.17) is 23.2 Å². The molecule has 7 heteroatoms. The van der Waals surface area contributed by atoms with E-state index in [-0.39, 0.29) is 16.5 Å². The molecule has 1 rings (SSSR count). The van der Waals surface area contributed by atoms with Crippen molar-refractivity contribution in [2.45, 2.75) is 6.42 Å². The van der Waals surface area contributed by atoms with Crippen molar-refractivity contribution in [3.8, 4) is 0 Å². The second-order valence-electron chi connectivity index (χ2n) is 2.88. The molecule has 0 aliphatic rings. The standard InChI is InChI=1S/C9H7Cl2NO4/c1-16-7(13)4-5-2-3-6(10)9(8(5)11)12(14)15/h2-3H,4H2,1H3. The molecule has 0 aliphatic carbocycles. The van der Waals surface area contributed by atoms with E-state index in [1.807, 2.05) is 0 Å². The number of nitro benzene ring substituents is 1. The first-order valence-electron chi connectivity index (χ1n) is 4.15. The second-order valence-corrected chi connectivity index (χ2v) is 3.66. The summed E-state index contributed by atoms with van der Waals surface area (Å²) in [6, 6.07) is 2.78. The van der Waals surface area contributed by atoms with E-state index in [1.54, 1.807) is 0 Å². The minimum absolute atomic E-state index is 0.0661. The first-order valence-corrected chi connectivity index (χ1v) is 4.91. The van der Waals surface area contributed by atoms with E-state index in [9.17, 15) is 14.9 Å². The molecule has 86 valence electrons. The van der Waals surface area contributed by atoms with E-state index in [2.05, 4.69) is 4.74 Å². The number of methoxy groups -OCH3 is 1. The lowest BCUT2D eigenvalue weighted by molar-refractivity contribution is -0.384. The Morgan fingerprint density at radius 2 is 2.12 bits per heavy atom. The Labute approximate surface area is 101 Å². The zero-order chi connectivity index (χ0) is 12.3. The maximum absolute atomic E-state index is 11.0. The van der Waals surface area contributed by atoms with Gasteiger partial charge in [-0.25, -0.2) is 0 Å². The molecule has 1 aromatic rings. The average molecular weight is 264 g/mol. The van der Waals surface area contributed by atoms with Crippen LogP contribution in [-0.4, -0.2) is 18.0 Å². The fourth-order valence-corrected chi connectivity index (χ4v) is 1.69. The molecular formula is C9H7Cl2NO4. The van der Waals surface area contributed by atoms with Crippen molar-refractivity contribution in [1.82, 2.24) is 0 Å². The fraction of sp³-hybridized carbons (Fsp3) is 0.222. The summed E-state index contributed by atoms with van der Waals surface area (Å²) in [4.78, 5) is 21.0. The molecule has 0 N–H and O–H groups in total. The van der Waals surface area contributed by atoms with E-state index in [0.717, 1.165) is 0 Å². The molecule has 16 heavy (non-hydrogen) atoms. The Kier molecular flexibility index (Phi) is 4.09. The summed E-state index contributed by atoms with van der Waals surface area (Å²) in [6.07, 6.45) is -0.132. The van der Waals surface area contributed by atoms with Crippen LogP contribution in [-0.2, 0) is 16.0 Å². The lowest BCUT2D eigenvalue weighted by Gasteiger charge is -2.04. The minimum atomic E-state index is -0.689. The predicted molar refractivity (Wildman–Crippen MR) is 58.8 cm³/mol. The Balaban J connectivity index is 3.18. The van der Waals surface area contributed by atoms with Gasteiger partial charge in [-0.05, 0) is 11.6 Å². The van der Waals surface area contributed by atoms with Crippen molar-refractivity contribution < 1.29 is 14.5 Å². The van der Waals surface area contributed by atoms with Crippen LogP contribution in [0.3, 0.4) is 0 Å². The largest absolute Gasteiger partial charge is 0.469 e. The number of rotatable bonds is 3. The van der Waals surface area contributed by atoms with Crippen LogP contribution in [0.15, 0.2) is 12.1 Å². The second kappa shape index (κ2) is 5.14. The highest BCUT2D eigenvalue weighted by atomic mass is 35.5. The molecule has 0 unspecified atom stereocenters. The van der Waals surface area contributed by atoms with Crippen LogP contribution in [0.4, 0.5) is 5.69 Å². The number of carbonyl (C=O) groups is 1. The summed E-state index contributed by atoms with van der Waals surface area (Å²) in [5.41, 5.74) is -0.0886. The number of halogens is 2. The first kappa shape index (κ1) is 12.7. The van der Waals surface area contributed by atoms with Crippen molar-refractivity contribution in [2.24, 2.45) is 0 Å². The smallest absolute Gasteiger partial charge is 0.310 e. The third-order valence-corrected chi connectivity index (χ3v) is 2.62. The number of benzene rings is 1. The van der Waals surface area contributed by atoms with Crippen molar-refractivity contribution in [3.63, 3.8) is 0 Å². The van der Waals surface area contributed by atoms with Gasteiger partial charge in [0.1, 0.15) is 10.0 Å². The lowest BCUT2D eigenvalue weighted by Crippen LogP contribution is -2.05. The van der Waals surface area contributed by atoms with Crippen molar-refractivity contribution >= 4 is 34.9 Å². The normalized spacial score (nSPS) is 9.94. The average Bonchev–Trinajstić information content (AvgIpc) is 2.21. The third kappa shape index (κ3) is 2.62. The lowest BCUT2D eigenvalue weighted by atomic mass is 10.1. The van der Waals surface area contributed by atoms with Crippen LogP contribution in [0.2, 0.25) is 10.0 Å². The number of nitrogens with zero attached hydrogens (tertiary/aromatic N) is 1. The summed E-state index contributed by atoms with van der Waals surface area (Å²) >= 11 is 11.4. The van der Waals surface area contributed by atoms with Gasteiger partial charge in [0.05, 0.1) is 18.5 Å². The van der Waals surface area contributed by atoms with Crippen molar-refractivity contribution in [2.75, 3.05) is 7.11 Å². The Bertz CT molecular complexity index is 447. The molecule has 0 aromatic heterocycles. The summed E-state index contributed by atoms with van der Waals surface area (Å²) in [5, 5.41) is 10.5. The number of carbonyl (C=O) groups excluding carboxylic acids is 1. The van der Waals surface area contributed by atoms with Gasteiger partial charge in [-0.2, -0.15) is 0 Å². The molecule has 0 spiro atoms. The number of nitro groups is 1. The van der Waals surface area contributed by atoms with E-state index >= 15 is 0 Å². The van der Waals surface area contributed by atoms with Crippen LogP contribution in [0.5, 0.6) is 0 Å². The van der Waals surface area contributed by atoms with Crippen molar-refractivity contribution in [3.05, 3.63) is 37.9 Å². The van der Waals surface area contributed by atoms with Gasteiger partial charge in [-0.15, -0.1) is 0 Å². The topological polar surface area (TPSA) is 69.4 Å². The minimum Gasteiger partial charge on any atom is -0.469 e. The van der Waals surface area contributed by atoms with Crippen LogP contribution >= 0.6 is 23.2 Å². The van der Waals surface area contributed by atoms with Crippen LogP contribution in [0.25, 0.3) is 0 Å². The zero-order valence-corrected chi connectivity index (χ0v) is 9.71. The maximum Gasteiger partial charge on any atom is 0.310 e. The molecule has 0 bridgehead atoms. The number of ether oxygens (including phenoxy) is 1. The number of esters is 1. The molecule has 0 saturated carbocycles. The Hall–Kier alpha value is -1.33. The van der Waals surface area contributed by atoms with E-state index < -0.39 is 16.6 Å². The summed E-state index contributed by atoms with van der Waals surface area (Å²) < 4.78 is 4.44. The van der Waals surface area contributed by atoms with Gasteiger partial charge in [-0.1, -0.05) is 29.3 Å². The van der Waals surface area contributed by atoms with Crippen LogP contribution in [0, 0.1) is 10.1 Å². The van der Waals surface area contributed by atoms with Gasteiger partial charge in [0.2, 0.25) is 0 Å². The van der Waals surface area contributed by atoms with E-state index in [1.165, 1.54) is 19.2 Å². The molecule has 1 aromatic carbocycles. The molecular weight excluding hydrogens is 257 g/mol. The fourth-order valence-electron chi connectivity index (χ4n) is 1.11. The Morgan fingerprint density at radius 1 is 1.50 bits per heavy atom. The molecule has 0 atom stereocenters. The number of hydrogen-bond acceptors (Lipinski definition) is 4. The van der Waals surface area contributed by atoms with Gasteiger partial charge >= 0.3 is 11.7 Å². The third-order valence-electron chi connectivity index (χ3n) is 1.89. The Morgan fingerprint density at radius 3 is 2.62 bits per heavy atom. The maximum atomic E-state index is 11.0. The summed E-state index contributed by atoms with van der Waals surface area (Å²) in [7, 11) is 1.22. The summed E-state index contributed by atoms with van der Waals surface area (Å²) in [5.74, 6) is -0.529. The van der Waals surface area contributed by atoms with Gasteiger partial charge in [-0.3, -0.25) is 14.9 Å². The molecule has 0 radical (unpaired) electrons. The SMILES string of the molecule is COC(=O)Cc1ccc(Cl)c([N+](=O)[O-])c1Cl. The predicted octanol–water partition coefficient (Wildman–Crippen LogP) is 2.62. The quantitative estimate of drug-likeness (QED) is 0.478. The summed E-state index contributed by atoms with van der Waals surface area (Å²) in [6.45, 7) is 0. The first-order chi connectivity index (χ1) is 7.47. The zero-order valence-electron chi connectivity index (χ0n) is 8.20. The highest BCUT2D eigenvalue weighted by Gasteiger charge is 2.21. The monoisotopic (exact) mass is 263 g/mol. The highest BCUT2D eigenvalue weighted by Crippen LogP contribution is 2.35. The van der Waals surface area contributed by atoms with Crippen molar-refractivity contribution in [1.29, 1.82) is 0 Å².